The van der Waals surface area contributed by atoms with Crippen molar-refractivity contribution >= 4 is 38.4 Å². The molecule has 0 saturated carbocycles. The van der Waals surface area contributed by atoms with E-state index in [1.807, 2.05) is 0 Å². The van der Waals surface area contributed by atoms with E-state index < -0.39 is 12.0 Å². The van der Waals surface area contributed by atoms with Crippen LogP contribution in [0.15, 0.2) is 60.7 Å². The van der Waals surface area contributed by atoms with Crippen LogP contribution in [0, 0.1) is 11.3 Å². The third-order valence-corrected chi connectivity index (χ3v) is 8.21. The number of nitrogens with one attached hydrogen (secondary N) is 1. The molecule has 1 fully saturated rings. The largest absolute Gasteiger partial charge is 0.476 e. The van der Waals surface area contributed by atoms with Crippen LogP contribution in [0.1, 0.15) is 51.6 Å². The molecule has 3 N–H and O–H groups in total. The molecule has 1 amide bonds. The number of nitriles is 1. The van der Waals surface area contributed by atoms with Gasteiger partial charge in [0.05, 0.1) is 48.3 Å². The van der Waals surface area contributed by atoms with Crippen LogP contribution < -0.4 is 10.1 Å². The predicted molar refractivity (Wildman–Crippen MR) is 162 cm³/mol. The minimum atomic E-state index is -1.08. The summed E-state index contributed by atoms with van der Waals surface area (Å²) in [6.45, 7) is 3.61. The fraction of sp³-hybridized carbons (Fsp3) is 0.312. The summed E-state index contributed by atoms with van der Waals surface area (Å²) in [6.07, 6.45) is 0.108. The summed E-state index contributed by atoms with van der Waals surface area (Å²) < 4.78 is 12.2. The van der Waals surface area contributed by atoms with Crippen molar-refractivity contribution in [2.24, 2.45) is 0 Å². The smallest absolute Gasteiger partial charge is 0.271 e. The summed E-state index contributed by atoms with van der Waals surface area (Å²) in [4.78, 5) is 33.2. The lowest BCUT2D eigenvalue weighted by Gasteiger charge is -2.26. The van der Waals surface area contributed by atoms with Gasteiger partial charge in [-0.05, 0) is 60.5 Å². The number of hydrogen-bond donors (Lipinski definition) is 3. The second kappa shape index (κ2) is 14.3. The zero-order valence-corrected chi connectivity index (χ0v) is 24.3. The second-order valence-electron chi connectivity index (χ2n) is 10.1. The van der Waals surface area contributed by atoms with E-state index in [2.05, 4.69) is 21.3 Å². The number of aromatic nitrogens is 1. The summed E-state index contributed by atoms with van der Waals surface area (Å²) in [5.41, 5.74) is 3.31. The van der Waals surface area contributed by atoms with Crippen LogP contribution in [-0.4, -0.2) is 64.6 Å². The standard InChI is InChI=1S/C32H32N4O6S/c33-18-21-3-9-26(10-4-21)42-30(31(40)35-32-34-27-16-24(19-37)25(20-38)17-29(27)43-32)23-7-5-22(6-8-23)28(39)2-1-11-36-12-14-41-15-13-36/h3-10,16-17,30,37-38H,1-2,11-15,19-20H2,(H,34,35,40). The van der Waals surface area contributed by atoms with Crippen molar-refractivity contribution in [3.8, 4) is 11.8 Å². The van der Waals surface area contributed by atoms with E-state index in [-0.39, 0.29) is 19.0 Å². The first-order chi connectivity index (χ1) is 21.0. The maximum Gasteiger partial charge on any atom is 0.271 e. The van der Waals surface area contributed by atoms with E-state index >= 15 is 0 Å². The van der Waals surface area contributed by atoms with Gasteiger partial charge in [-0.3, -0.25) is 19.8 Å². The van der Waals surface area contributed by atoms with Gasteiger partial charge in [-0.15, -0.1) is 0 Å². The van der Waals surface area contributed by atoms with Crippen molar-refractivity contribution in [3.63, 3.8) is 0 Å². The van der Waals surface area contributed by atoms with Crippen LogP contribution >= 0.6 is 11.3 Å². The van der Waals surface area contributed by atoms with E-state index in [1.54, 1.807) is 60.7 Å². The van der Waals surface area contributed by atoms with Crippen LogP contribution in [0.4, 0.5) is 5.13 Å². The van der Waals surface area contributed by atoms with Crippen molar-refractivity contribution in [3.05, 3.63) is 88.5 Å². The van der Waals surface area contributed by atoms with Gasteiger partial charge in [-0.1, -0.05) is 35.6 Å². The van der Waals surface area contributed by atoms with Crippen LogP contribution in [-0.2, 0) is 22.7 Å². The number of aliphatic hydroxyl groups excluding tert-OH is 2. The monoisotopic (exact) mass is 600 g/mol. The Morgan fingerprint density at radius 2 is 1.74 bits per heavy atom. The molecule has 1 saturated heterocycles. The van der Waals surface area contributed by atoms with Gasteiger partial charge in [0.1, 0.15) is 5.75 Å². The Balaban J connectivity index is 1.32. The third-order valence-electron chi connectivity index (χ3n) is 7.27. The molecule has 1 aliphatic heterocycles. The van der Waals surface area contributed by atoms with Gasteiger partial charge >= 0.3 is 0 Å². The van der Waals surface area contributed by atoms with E-state index in [4.69, 9.17) is 14.7 Å². The minimum Gasteiger partial charge on any atom is -0.476 e. The van der Waals surface area contributed by atoms with Crippen molar-refractivity contribution in [1.82, 2.24) is 9.88 Å². The van der Waals surface area contributed by atoms with E-state index in [0.29, 0.717) is 50.6 Å². The Morgan fingerprint density at radius 3 is 2.42 bits per heavy atom. The molecule has 222 valence electrons. The number of thiazole rings is 1. The number of Topliss-reactive ketones (excluding diaryl/α,β-unsaturated/α-hetero) is 1. The SMILES string of the molecule is N#Cc1ccc(OC(C(=O)Nc2nc3cc(CO)c(CO)cc3s2)c2ccc(C(=O)CCCN3CCOCC3)cc2)cc1. The van der Waals surface area contributed by atoms with E-state index in [9.17, 15) is 19.8 Å². The number of ether oxygens (including phenoxy) is 2. The molecular formula is C32H32N4O6S. The highest BCUT2D eigenvalue weighted by Crippen LogP contribution is 2.31. The topological polar surface area (TPSA) is 145 Å². The number of fused-ring (bicyclic) bond motifs is 1. The molecule has 5 rings (SSSR count). The number of hydrogen-bond acceptors (Lipinski definition) is 10. The van der Waals surface area contributed by atoms with Crippen LogP contribution in [0.25, 0.3) is 10.2 Å². The lowest BCUT2D eigenvalue weighted by molar-refractivity contribution is -0.123. The molecule has 4 aromatic rings. The van der Waals surface area contributed by atoms with E-state index in [1.165, 1.54) is 11.3 Å². The van der Waals surface area contributed by atoms with Crippen LogP contribution in [0.2, 0.25) is 0 Å². The zero-order valence-electron chi connectivity index (χ0n) is 23.5. The number of rotatable bonds is 12. The maximum atomic E-state index is 13.6. The minimum absolute atomic E-state index is 0.0350. The number of ketones is 1. The molecule has 0 aliphatic carbocycles. The molecule has 2 heterocycles. The van der Waals surface area contributed by atoms with Crippen molar-refractivity contribution in [2.45, 2.75) is 32.2 Å². The van der Waals surface area contributed by atoms with Crippen molar-refractivity contribution in [1.29, 1.82) is 5.26 Å². The maximum absolute atomic E-state index is 13.6. The Morgan fingerprint density at radius 1 is 1.05 bits per heavy atom. The van der Waals surface area contributed by atoms with Gasteiger partial charge in [0.25, 0.3) is 5.91 Å². The fourth-order valence-corrected chi connectivity index (χ4v) is 5.79. The molecule has 1 aromatic heterocycles. The number of anilines is 1. The molecule has 3 aromatic carbocycles. The number of carbonyl (C=O) groups is 2. The average molecular weight is 601 g/mol. The average Bonchev–Trinajstić information content (AvgIpc) is 3.44. The highest BCUT2D eigenvalue weighted by molar-refractivity contribution is 7.22. The summed E-state index contributed by atoms with van der Waals surface area (Å²) in [6, 6.07) is 18.8. The Labute approximate surface area is 253 Å². The van der Waals surface area contributed by atoms with Gasteiger partial charge in [0.15, 0.2) is 10.9 Å². The number of amides is 1. The highest BCUT2D eigenvalue weighted by Gasteiger charge is 2.25. The predicted octanol–water partition coefficient (Wildman–Crippen LogP) is 4.21. The van der Waals surface area contributed by atoms with Crippen LogP contribution in [0.3, 0.4) is 0 Å². The lowest BCUT2D eigenvalue weighted by atomic mass is 10.0. The molecule has 0 bridgehead atoms. The van der Waals surface area contributed by atoms with Crippen molar-refractivity contribution in [2.75, 3.05) is 38.2 Å². The summed E-state index contributed by atoms with van der Waals surface area (Å²) in [7, 11) is 0. The fourth-order valence-electron chi connectivity index (χ4n) is 4.87. The molecule has 10 nitrogen and oxygen atoms in total. The van der Waals surface area contributed by atoms with Gasteiger partial charge in [0, 0.05) is 30.6 Å². The van der Waals surface area contributed by atoms with Gasteiger partial charge in [-0.25, -0.2) is 4.98 Å². The molecular weight excluding hydrogens is 568 g/mol. The van der Waals surface area contributed by atoms with Crippen molar-refractivity contribution < 1.29 is 29.3 Å². The number of morpholine rings is 1. The number of carbonyl (C=O) groups excluding carboxylic acids is 2. The molecule has 0 radical (unpaired) electrons. The summed E-state index contributed by atoms with van der Waals surface area (Å²) in [5, 5.41) is 31.5. The molecule has 1 aliphatic rings. The van der Waals surface area contributed by atoms with E-state index in [0.717, 1.165) is 44.0 Å². The lowest BCUT2D eigenvalue weighted by Crippen LogP contribution is -2.36. The van der Waals surface area contributed by atoms with Gasteiger partial charge in [0.2, 0.25) is 6.10 Å². The zero-order chi connectivity index (χ0) is 30.2. The third kappa shape index (κ3) is 7.62. The molecule has 1 unspecified atom stereocenters. The van der Waals surface area contributed by atoms with Gasteiger partial charge in [-0.2, -0.15) is 5.26 Å². The second-order valence-corrected chi connectivity index (χ2v) is 11.2. The Bertz CT molecular complexity index is 1570. The number of benzene rings is 3. The molecule has 0 spiro atoms. The first-order valence-corrected chi connectivity index (χ1v) is 14.8. The number of aliphatic hydroxyl groups is 2. The first kappa shape index (κ1) is 30.3. The van der Waals surface area contributed by atoms with Gasteiger partial charge < -0.3 is 19.7 Å². The summed E-state index contributed by atoms with van der Waals surface area (Å²) in [5.74, 6) is -0.0440. The highest BCUT2D eigenvalue weighted by atomic mass is 32.1. The van der Waals surface area contributed by atoms with Crippen LogP contribution in [0.5, 0.6) is 5.75 Å². The Kier molecular flexibility index (Phi) is 10.1. The normalized spacial score (nSPS) is 14.3. The summed E-state index contributed by atoms with van der Waals surface area (Å²) >= 11 is 1.24. The molecule has 1 atom stereocenters. The quantitative estimate of drug-likeness (QED) is 0.204. The number of nitrogens with zero attached hydrogens (tertiary/aromatic N) is 3. The first-order valence-electron chi connectivity index (χ1n) is 14.0. The Hall–Kier alpha value is -4.18. The molecule has 43 heavy (non-hydrogen) atoms. The molecule has 11 heteroatoms.